The molecule has 0 aliphatic carbocycles. The molecule has 0 fully saturated rings. The second kappa shape index (κ2) is 7.78. The fourth-order valence-electron chi connectivity index (χ4n) is 1.34. The minimum atomic E-state index is -0.221. The molecule has 5 nitrogen and oxygen atoms in total. The van der Waals surface area contributed by atoms with E-state index >= 15 is 0 Å². The third kappa shape index (κ3) is 5.44. The molecule has 0 bridgehead atoms. The lowest BCUT2D eigenvalue weighted by Crippen LogP contribution is -2.41. The van der Waals surface area contributed by atoms with E-state index in [2.05, 4.69) is 10.6 Å². The Morgan fingerprint density at radius 1 is 1.41 bits per heavy atom. The van der Waals surface area contributed by atoms with Gasteiger partial charge < -0.3 is 20.5 Å². The number of hydrogen-bond donors (Lipinski definition) is 3. The van der Waals surface area contributed by atoms with Crippen LogP contribution in [0.5, 0.6) is 0 Å². The number of carbonyl (C=O) groups excluding carboxylic acids is 1. The predicted octanol–water partition coefficient (Wildman–Crippen LogP) is 0.222. The summed E-state index contributed by atoms with van der Waals surface area (Å²) >= 11 is 0. The van der Waals surface area contributed by atoms with Crippen LogP contribution in [0, 0.1) is 0 Å². The smallest absolute Gasteiger partial charge is 0.238 e. The van der Waals surface area contributed by atoms with Gasteiger partial charge in [-0.2, -0.15) is 0 Å². The van der Waals surface area contributed by atoms with Crippen molar-refractivity contribution in [3.05, 3.63) is 30.3 Å². The molecule has 1 aromatic rings. The summed E-state index contributed by atoms with van der Waals surface area (Å²) < 4.78 is 4.89. The van der Waals surface area contributed by atoms with E-state index < -0.39 is 0 Å². The highest BCUT2D eigenvalue weighted by Gasteiger charge is 2.08. The van der Waals surface area contributed by atoms with E-state index in [0.29, 0.717) is 6.61 Å². The summed E-state index contributed by atoms with van der Waals surface area (Å²) in [4.78, 5) is 11.5. The number of methoxy groups -OCH3 is 1. The zero-order valence-electron chi connectivity index (χ0n) is 9.85. The monoisotopic (exact) mass is 238 g/mol. The molecule has 1 aromatic carbocycles. The number of amides is 1. The topological polar surface area (TPSA) is 70.6 Å². The van der Waals surface area contributed by atoms with Crippen LogP contribution < -0.4 is 10.6 Å². The van der Waals surface area contributed by atoms with Crippen molar-refractivity contribution in [2.24, 2.45) is 0 Å². The highest BCUT2D eigenvalue weighted by molar-refractivity contribution is 5.92. The van der Waals surface area contributed by atoms with Crippen molar-refractivity contribution in [2.45, 2.75) is 6.04 Å². The lowest BCUT2D eigenvalue weighted by atomic mass is 10.3. The van der Waals surface area contributed by atoms with E-state index in [1.807, 2.05) is 30.3 Å². The summed E-state index contributed by atoms with van der Waals surface area (Å²) in [5.41, 5.74) is 0.756. The molecule has 1 amide bonds. The fourth-order valence-corrected chi connectivity index (χ4v) is 1.34. The molecule has 0 aliphatic rings. The molecule has 1 atom stereocenters. The number of benzene rings is 1. The second-order valence-corrected chi connectivity index (χ2v) is 3.63. The Labute approximate surface area is 101 Å². The molecule has 17 heavy (non-hydrogen) atoms. The number of aliphatic hydroxyl groups is 1. The Hall–Kier alpha value is -1.43. The van der Waals surface area contributed by atoms with Crippen molar-refractivity contribution in [3.63, 3.8) is 0 Å². The second-order valence-electron chi connectivity index (χ2n) is 3.63. The van der Waals surface area contributed by atoms with Gasteiger partial charge in [-0.05, 0) is 12.1 Å². The van der Waals surface area contributed by atoms with E-state index in [1.165, 1.54) is 0 Å². The minimum absolute atomic E-state index is 0.0630. The van der Waals surface area contributed by atoms with Gasteiger partial charge in [0, 0.05) is 12.8 Å². The van der Waals surface area contributed by atoms with Gasteiger partial charge in [0.25, 0.3) is 0 Å². The Balaban J connectivity index is 2.30. The van der Waals surface area contributed by atoms with Crippen LogP contribution in [-0.2, 0) is 9.53 Å². The first kappa shape index (κ1) is 13.6. The molecule has 0 radical (unpaired) electrons. The predicted molar refractivity (Wildman–Crippen MR) is 65.8 cm³/mol. The molecule has 0 spiro atoms. The van der Waals surface area contributed by atoms with Crippen molar-refractivity contribution in [3.8, 4) is 0 Å². The summed E-state index contributed by atoms with van der Waals surface area (Å²) in [5, 5.41) is 14.6. The molecule has 3 N–H and O–H groups in total. The van der Waals surface area contributed by atoms with Crippen molar-refractivity contribution >= 4 is 11.6 Å². The third-order valence-electron chi connectivity index (χ3n) is 2.20. The molecule has 0 aliphatic heterocycles. The Morgan fingerprint density at radius 3 is 2.71 bits per heavy atom. The first-order chi connectivity index (χ1) is 8.26. The lowest BCUT2D eigenvalue weighted by Gasteiger charge is -2.14. The van der Waals surface area contributed by atoms with Crippen LogP contribution in [-0.4, -0.2) is 43.9 Å². The third-order valence-corrected chi connectivity index (χ3v) is 2.20. The molecular formula is C12H18N2O3. The van der Waals surface area contributed by atoms with Crippen molar-refractivity contribution < 1.29 is 14.6 Å². The van der Waals surface area contributed by atoms with Gasteiger partial charge in [0.15, 0.2) is 0 Å². The SMILES string of the molecule is COCC(CO)NCC(=O)Nc1ccccc1. The molecule has 0 aromatic heterocycles. The lowest BCUT2D eigenvalue weighted by molar-refractivity contribution is -0.115. The van der Waals surface area contributed by atoms with Crippen LogP contribution in [0.25, 0.3) is 0 Å². The van der Waals surface area contributed by atoms with Crippen molar-refractivity contribution in [2.75, 3.05) is 32.2 Å². The molecule has 1 unspecified atom stereocenters. The first-order valence-corrected chi connectivity index (χ1v) is 5.44. The van der Waals surface area contributed by atoms with Gasteiger partial charge in [-0.3, -0.25) is 4.79 Å². The maximum Gasteiger partial charge on any atom is 0.238 e. The van der Waals surface area contributed by atoms with Crippen LogP contribution in [0.4, 0.5) is 5.69 Å². The van der Waals surface area contributed by atoms with E-state index in [4.69, 9.17) is 9.84 Å². The maximum absolute atomic E-state index is 11.5. The normalized spacial score (nSPS) is 12.1. The molecule has 1 rings (SSSR count). The van der Waals surface area contributed by atoms with Crippen LogP contribution in [0.2, 0.25) is 0 Å². The van der Waals surface area contributed by atoms with Crippen molar-refractivity contribution in [1.29, 1.82) is 0 Å². The summed E-state index contributed by atoms with van der Waals surface area (Å²) in [6, 6.07) is 9.00. The van der Waals surface area contributed by atoms with Gasteiger partial charge in [-0.1, -0.05) is 18.2 Å². The van der Waals surface area contributed by atoms with Crippen LogP contribution >= 0.6 is 0 Å². The number of rotatable bonds is 7. The standard InChI is InChI=1S/C12H18N2O3/c1-17-9-11(8-15)13-7-12(16)14-10-5-3-2-4-6-10/h2-6,11,13,15H,7-9H2,1H3,(H,14,16). The van der Waals surface area contributed by atoms with Crippen LogP contribution in [0.3, 0.4) is 0 Å². The van der Waals surface area contributed by atoms with Gasteiger partial charge in [-0.25, -0.2) is 0 Å². The van der Waals surface area contributed by atoms with Gasteiger partial charge in [0.1, 0.15) is 0 Å². The average molecular weight is 238 g/mol. The number of aliphatic hydroxyl groups excluding tert-OH is 1. The zero-order valence-corrected chi connectivity index (χ0v) is 9.85. The van der Waals surface area contributed by atoms with Gasteiger partial charge in [0.2, 0.25) is 5.91 Å². The van der Waals surface area contributed by atoms with Crippen molar-refractivity contribution in [1.82, 2.24) is 5.32 Å². The van der Waals surface area contributed by atoms with Gasteiger partial charge in [0.05, 0.1) is 25.8 Å². The Morgan fingerprint density at radius 2 is 2.12 bits per heavy atom. The van der Waals surface area contributed by atoms with E-state index in [9.17, 15) is 4.79 Å². The number of ether oxygens (including phenoxy) is 1. The average Bonchev–Trinajstić information content (AvgIpc) is 2.35. The van der Waals surface area contributed by atoms with E-state index in [0.717, 1.165) is 5.69 Å². The van der Waals surface area contributed by atoms with E-state index in [1.54, 1.807) is 7.11 Å². The molecule has 0 heterocycles. The highest BCUT2D eigenvalue weighted by atomic mass is 16.5. The quantitative estimate of drug-likeness (QED) is 0.635. The number of carbonyl (C=O) groups is 1. The molecule has 5 heteroatoms. The van der Waals surface area contributed by atoms with Crippen LogP contribution in [0.15, 0.2) is 30.3 Å². The van der Waals surface area contributed by atoms with Gasteiger partial charge >= 0.3 is 0 Å². The molecule has 94 valence electrons. The summed E-state index contributed by atoms with van der Waals surface area (Å²) in [7, 11) is 1.55. The Kier molecular flexibility index (Phi) is 6.24. The summed E-state index contributed by atoms with van der Waals surface area (Å²) in [6.45, 7) is 0.449. The largest absolute Gasteiger partial charge is 0.395 e. The minimum Gasteiger partial charge on any atom is -0.395 e. The highest BCUT2D eigenvalue weighted by Crippen LogP contribution is 2.03. The summed E-state index contributed by atoms with van der Waals surface area (Å²) in [6.07, 6.45) is 0. The van der Waals surface area contributed by atoms with Gasteiger partial charge in [-0.15, -0.1) is 0 Å². The van der Waals surface area contributed by atoms with E-state index in [-0.39, 0.29) is 25.1 Å². The number of para-hydroxylation sites is 1. The number of anilines is 1. The number of hydrogen-bond acceptors (Lipinski definition) is 4. The molecule has 0 saturated heterocycles. The van der Waals surface area contributed by atoms with Crippen LogP contribution in [0.1, 0.15) is 0 Å². The molecular weight excluding hydrogens is 220 g/mol. The summed E-state index contributed by atoms with van der Waals surface area (Å²) in [5.74, 6) is -0.147. The number of nitrogens with one attached hydrogen (secondary N) is 2. The zero-order chi connectivity index (χ0) is 12.5. The molecule has 0 saturated carbocycles. The maximum atomic E-state index is 11.5. The Bertz CT molecular complexity index is 330. The first-order valence-electron chi connectivity index (χ1n) is 5.44. The fraction of sp³-hybridized carbons (Fsp3) is 0.417.